The van der Waals surface area contributed by atoms with Crippen LogP contribution in [0.15, 0.2) is 30.5 Å². The lowest BCUT2D eigenvalue weighted by atomic mass is 10.2. The van der Waals surface area contributed by atoms with E-state index in [1.165, 1.54) is 0 Å². The number of nitrogens with one attached hydrogen (secondary N) is 1. The maximum Gasteiger partial charge on any atom is 0.269 e. The van der Waals surface area contributed by atoms with Crippen LogP contribution in [0.25, 0.3) is 5.69 Å². The molecule has 2 heterocycles. The molecule has 0 bridgehead atoms. The molecule has 118 valence electrons. The molecule has 0 spiro atoms. The van der Waals surface area contributed by atoms with E-state index in [9.17, 15) is 10.1 Å². The Labute approximate surface area is 134 Å². The van der Waals surface area contributed by atoms with Crippen LogP contribution in [0.3, 0.4) is 0 Å². The molecule has 1 aliphatic heterocycles. The van der Waals surface area contributed by atoms with Crippen molar-refractivity contribution in [2.75, 3.05) is 19.8 Å². The van der Waals surface area contributed by atoms with E-state index in [0.29, 0.717) is 42.5 Å². The molecule has 0 saturated heterocycles. The molecule has 0 saturated carbocycles. The zero-order valence-electron chi connectivity index (χ0n) is 12.8. The topological polar surface area (TPSA) is 76.3 Å². The van der Waals surface area contributed by atoms with E-state index < -0.39 is 0 Å². The highest BCUT2D eigenvalue weighted by Gasteiger charge is 2.19. The van der Waals surface area contributed by atoms with Crippen LogP contribution in [0, 0.1) is 11.3 Å². The second kappa shape index (κ2) is 6.44. The van der Waals surface area contributed by atoms with Gasteiger partial charge in [-0.2, -0.15) is 5.26 Å². The molecule has 1 aromatic carbocycles. The number of amides is 1. The monoisotopic (exact) mass is 311 g/mol. The Hall–Kier alpha value is -2.94. The van der Waals surface area contributed by atoms with E-state index in [-0.39, 0.29) is 5.91 Å². The zero-order chi connectivity index (χ0) is 16.2. The van der Waals surface area contributed by atoms with Crippen molar-refractivity contribution in [1.29, 1.82) is 5.26 Å². The highest BCUT2D eigenvalue weighted by Crippen LogP contribution is 2.32. The lowest BCUT2D eigenvalue weighted by Crippen LogP contribution is -2.27. The molecule has 2 aromatic rings. The van der Waals surface area contributed by atoms with Crippen molar-refractivity contribution in [3.63, 3.8) is 0 Å². The van der Waals surface area contributed by atoms with Crippen molar-refractivity contribution in [1.82, 2.24) is 9.88 Å². The fraction of sp³-hybridized carbons (Fsp3) is 0.294. The molecule has 23 heavy (non-hydrogen) atoms. The normalized spacial score (nSPS) is 12.5. The van der Waals surface area contributed by atoms with Gasteiger partial charge in [-0.1, -0.05) is 6.92 Å². The number of carbonyl (C=O) groups excluding carboxylic acids is 1. The number of ether oxygens (including phenoxy) is 2. The van der Waals surface area contributed by atoms with Crippen molar-refractivity contribution < 1.29 is 14.3 Å². The summed E-state index contributed by atoms with van der Waals surface area (Å²) in [5, 5.41) is 12.1. The third-order valence-electron chi connectivity index (χ3n) is 3.56. The van der Waals surface area contributed by atoms with Gasteiger partial charge < -0.3 is 19.4 Å². The van der Waals surface area contributed by atoms with Crippen molar-refractivity contribution in [3.05, 3.63) is 41.7 Å². The third kappa shape index (κ3) is 2.86. The van der Waals surface area contributed by atoms with Crippen LogP contribution in [0.4, 0.5) is 0 Å². The van der Waals surface area contributed by atoms with Crippen LogP contribution in [-0.2, 0) is 0 Å². The van der Waals surface area contributed by atoms with Gasteiger partial charge in [-0.3, -0.25) is 4.79 Å². The number of hydrogen-bond donors (Lipinski definition) is 1. The van der Waals surface area contributed by atoms with E-state index in [0.717, 1.165) is 12.1 Å². The summed E-state index contributed by atoms with van der Waals surface area (Å²) in [5.74, 6) is 1.06. The Morgan fingerprint density at radius 3 is 2.83 bits per heavy atom. The van der Waals surface area contributed by atoms with E-state index in [4.69, 9.17) is 9.47 Å². The highest BCUT2D eigenvalue weighted by molar-refractivity contribution is 5.95. The van der Waals surface area contributed by atoms with Gasteiger partial charge in [0, 0.05) is 24.5 Å². The third-order valence-corrected chi connectivity index (χ3v) is 3.56. The standard InChI is InChI=1S/C17H17N3O3/c1-2-6-19-17(21)16-12(11-18)5-7-20(16)13-3-4-14-15(10-13)23-9-8-22-14/h3-5,7,10H,2,6,8-9H2,1H3,(H,19,21). The second-order valence-electron chi connectivity index (χ2n) is 5.14. The number of nitriles is 1. The SMILES string of the molecule is CCCNC(=O)c1c(C#N)ccn1-c1ccc2c(c1)OCCO2. The molecule has 0 unspecified atom stereocenters. The summed E-state index contributed by atoms with van der Waals surface area (Å²) < 4.78 is 12.8. The smallest absolute Gasteiger partial charge is 0.269 e. The number of hydrogen-bond acceptors (Lipinski definition) is 4. The van der Waals surface area contributed by atoms with Crippen LogP contribution in [0.5, 0.6) is 11.5 Å². The van der Waals surface area contributed by atoms with Gasteiger partial charge in [0.05, 0.1) is 5.56 Å². The summed E-state index contributed by atoms with van der Waals surface area (Å²) in [5.41, 5.74) is 1.42. The Bertz CT molecular complexity index is 774. The van der Waals surface area contributed by atoms with Crippen molar-refractivity contribution in [2.24, 2.45) is 0 Å². The van der Waals surface area contributed by atoms with Gasteiger partial charge in [0.1, 0.15) is 25.0 Å². The van der Waals surface area contributed by atoms with Gasteiger partial charge in [-0.15, -0.1) is 0 Å². The number of rotatable bonds is 4. The molecule has 0 aliphatic carbocycles. The van der Waals surface area contributed by atoms with Crippen LogP contribution in [0.1, 0.15) is 29.4 Å². The van der Waals surface area contributed by atoms with E-state index in [1.807, 2.05) is 25.1 Å². The number of fused-ring (bicyclic) bond motifs is 1. The maximum absolute atomic E-state index is 12.4. The molecule has 0 fully saturated rings. The Balaban J connectivity index is 2.01. The molecule has 1 amide bonds. The molecule has 1 aliphatic rings. The number of aromatic nitrogens is 1. The van der Waals surface area contributed by atoms with E-state index in [1.54, 1.807) is 16.8 Å². The fourth-order valence-electron chi connectivity index (χ4n) is 2.47. The largest absolute Gasteiger partial charge is 0.486 e. The summed E-state index contributed by atoms with van der Waals surface area (Å²) in [7, 11) is 0. The molecule has 0 atom stereocenters. The molecule has 0 radical (unpaired) electrons. The van der Waals surface area contributed by atoms with E-state index >= 15 is 0 Å². The van der Waals surface area contributed by atoms with Crippen LogP contribution < -0.4 is 14.8 Å². The first kappa shape index (κ1) is 15.0. The van der Waals surface area contributed by atoms with Crippen LogP contribution in [-0.4, -0.2) is 30.2 Å². The molecule has 6 heteroatoms. The molecule has 3 rings (SSSR count). The molecule has 6 nitrogen and oxygen atoms in total. The minimum absolute atomic E-state index is 0.261. The quantitative estimate of drug-likeness (QED) is 0.939. The minimum Gasteiger partial charge on any atom is -0.486 e. The number of benzene rings is 1. The molecular formula is C17H17N3O3. The molecular weight excluding hydrogens is 294 g/mol. The fourth-order valence-corrected chi connectivity index (χ4v) is 2.47. The predicted octanol–water partition coefficient (Wildman–Crippen LogP) is 2.26. The van der Waals surface area contributed by atoms with Crippen molar-refractivity contribution in [2.45, 2.75) is 13.3 Å². The average Bonchev–Trinajstić information content (AvgIpc) is 3.03. The summed E-state index contributed by atoms with van der Waals surface area (Å²) in [6, 6.07) is 9.16. The van der Waals surface area contributed by atoms with Gasteiger partial charge in [0.25, 0.3) is 5.91 Å². The molecule has 1 aromatic heterocycles. The summed E-state index contributed by atoms with van der Waals surface area (Å²) >= 11 is 0. The Morgan fingerprint density at radius 2 is 2.09 bits per heavy atom. The van der Waals surface area contributed by atoms with Gasteiger partial charge >= 0.3 is 0 Å². The van der Waals surface area contributed by atoms with Gasteiger partial charge in [0.2, 0.25) is 0 Å². The lowest BCUT2D eigenvalue weighted by molar-refractivity contribution is 0.0946. The Kier molecular flexibility index (Phi) is 4.20. The first-order chi connectivity index (χ1) is 11.2. The number of carbonyl (C=O) groups is 1. The maximum atomic E-state index is 12.4. The van der Waals surface area contributed by atoms with Crippen LogP contribution in [0.2, 0.25) is 0 Å². The lowest BCUT2D eigenvalue weighted by Gasteiger charge is -2.19. The van der Waals surface area contributed by atoms with Gasteiger partial charge in [-0.05, 0) is 24.6 Å². The highest BCUT2D eigenvalue weighted by atomic mass is 16.6. The van der Waals surface area contributed by atoms with Crippen LogP contribution >= 0.6 is 0 Å². The second-order valence-corrected chi connectivity index (χ2v) is 5.14. The van der Waals surface area contributed by atoms with Crippen molar-refractivity contribution >= 4 is 5.91 Å². The summed E-state index contributed by atoms with van der Waals surface area (Å²) in [4.78, 5) is 12.4. The zero-order valence-corrected chi connectivity index (χ0v) is 12.8. The predicted molar refractivity (Wildman–Crippen MR) is 84.1 cm³/mol. The molecule has 1 N–H and O–H groups in total. The first-order valence-electron chi connectivity index (χ1n) is 7.54. The Morgan fingerprint density at radius 1 is 1.30 bits per heavy atom. The van der Waals surface area contributed by atoms with Crippen molar-refractivity contribution in [3.8, 4) is 23.3 Å². The average molecular weight is 311 g/mol. The summed E-state index contributed by atoms with van der Waals surface area (Å²) in [6.45, 7) is 3.57. The minimum atomic E-state index is -0.261. The van der Waals surface area contributed by atoms with Gasteiger partial charge in [0.15, 0.2) is 11.5 Å². The number of nitrogens with zero attached hydrogens (tertiary/aromatic N) is 2. The van der Waals surface area contributed by atoms with E-state index in [2.05, 4.69) is 11.4 Å². The first-order valence-corrected chi connectivity index (χ1v) is 7.54. The van der Waals surface area contributed by atoms with Gasteiger partial charge in [-0.25, -0.2) is 0 Å². The summed E-state index contributed by atoms with van der Waals surface area (Å²) in [6.07, 6.45) is 2.54.